The zero-order valence-electron chi connectivity index (χ0n) is 31.9. The molecule has 0 saturated carbocycles. The van der Waals surface area contributed by atoms with Crippen molar-refractivity contribution in [3.8, 4) is 0 Å². The van der Waals surface area contributed by atoms with Gasteiger partial charge in [0.15, 0.2) is 12.1 Å². The summed E-state index contributed by atoms with van der Waals surface area (Å²) in [6.07, 6.45) is 18.6. The van der Waals surface area contributed by atoms with Crippen molar-refractivity contribution in [3.63, 3.8) is 0 Å². The fourth-order valence-electron chi connectivity index (χ4n) is 6.73. The normalized spacial score (nSPS) is 27.9. The second kappa shape index (κ2) is 26.4. The Labute approximate surface area is 294 Å². The highest BCUT2D eigenvalue weighted by Crippen LogP contribution is 2.34. The third-order valence-corrected chi connectivity index (χ3v) is 9.61. The Hall–Kier alpha value is -0.390. The molecule has 2 aliphatic rings. The molecular weight excluding hydrogens is 613 g/mol. The van der Waals surface area contributed by atoms with Crippen LogP contribution in [0, 0.1) is 0 Å². The van der Waals surface area contributed by atoms with Crippen LogP contribution in [0.15, 0.2) is 0 Å². The summed E-state index contributed by atoms with van der Waals surface area (Å²) in [7, 11) is 0. The van der Waals surface area contributed by atoms with Crippen molar-refractivity contribution in [2.45, 2.75) is 218 Å². The first-order valence-electron chi connectivity index (χ1n) is 20.1. The van der Waals surface area contributed by atoms with Crippen LogP contribution in [0.5, 0.6) is 0 Å². The van der Waals surface area contributed by atoms with E-state index in [4.69, 9.17) is 38.9 Å². The summed E-state index contributed by atoms with van der Waals surface area (Å²) >= 11 is 0. The number of rotatable bonds is 30. The average molecular weight is 690 g/mol. The fraction of sp³-hybridized carbons (Fsp3) is 1.00. The lowest BCUT2D eigenvalue weighted by molar-refractivity contribution is -0.321. The second-order valence-corrected chi connectivity index (χ2v) is 14.6. The van der Waals surface area contributed by atoms with E-state index >= 15 is 0 Å². The molecule has 2 aliphatic heterocycles. The van der Waals surface area contributed by atoms with Gasteiger partial charge in [-0.3, -0.25) is 0 Å². The van der Waals surface area contributed by atoms with E-state index in [0.717, 1.165) is 51.4 Å². The van der Waals surface area contributed by atoms with Gasteiger partial charge >= 0.3 is 0 Å². The summed E-state index contributed by atoms with van der Waals surface area (Å²) in [5, 5.41) is 0. The maximum Gasteiger partial charge on any atom is 0.187 e. The zero-order chi connectivity index (χ0) is 35.0. The Morgan fingerprint density at radius 1 is 0.583 bits per heavy atom. The maximum atomic E-state index is 14.5. The predicted octanol–water partition coefficient (Wildman–Crippen LogP) is 9.19. The Morgan fingerprint density at radius 2 is 1.06 bits per heavy atom. The van der Waals surface area contributed by atoms with Gasteiger partial charge in [0.05, 0.1) is 18.8 Å². The Bertz CT molecular complexity index is 762. The number of hydrogen-bond acceptors (Lipinski definition) is 8. The smallest absolute Gasteiger partial charge is 0.187 e. The summed E-state index contributed by atoms with van der Waals surface area (Å²) in [5.41, 5.74) is 6.76. The lowest BCUT2D eigenvalue weighted by atomic mass is 9.98. The van der Waals surface area contributed by atoms with Gasteiger partial charge in [0.1, 0.15) is 37.2 Å². The van der Waals surface area contributed by atoms with Gasteiger partial charge in [0, 0.05) is 19.8 Å². The van der Waals surface area contributed by atoms with E-state index in [1.165, 1.54) is 70.6 Å². The van der Waals surface area contributed by atoms with Crippen LogP contribution in [-0.4, -0.2) is 87.8 Å². The van der Waals surface area contributed by atoms with E-state index in [2.05, 4.69) is 27.7 Å². The van der Waals surface area contributed by atoms with Crippen molar-refractivity contribution < 1.29 is 37.5 Å². The van der Waals surface area contributed by atoms with E-state index in [0.29, 0.717) is 19.8 Å². The molecule has 0 spiro atoms. The number of unbranched alkanes of at least 4 members (excludes halogenated alkanes) is 14. The van der Waals surface area contributed by atoms with Gasteiger partial charge in [0.2, 0.25) is 0 Å². The van der Waals surface area contributed by atoms with Gasteiger partial charge in [-0.1, -0.05) is 124 Å². The average Bonchev–Trinajstić information content (AvgIpc) is 3.39. The third-order valence-electron chi connectivity index (χ3n) is 9.61. The minimum atomic E-state index is -0.837. The highest BCUT2D eigenvalue weighted by atomic mass is 19.1. The van der Waals surface area contributed by atoms with Crippen LogP contribution in [-0.2, 0) is 33.2 Å². The Morgan fingerprint density at radius 3 is 1.58 bits per heavy atom. The van der Waals surface area contributed by atoms with Crippen LogP contribution in [0.4, 0.5) is 4.39 Å². The summed E-state index contributed by atoms with van der Waals surface area (Å²) in [6, 6.07) is -0.448. The van der Waals surface area contributed by atoms with Gasteiger partial charge in [0.25, 0.3) is 0 Å². The third kappa shape index (κ3) is 16.8. The van der Waals surface area contributed by atoms with Crippen LogP contribution in [0.3, 0.4) is 0 Å². The molecule has 2 heterocycles. The van der Waals surface area contributed by atoms with Crippen molar-refractivity contribution in [1.82, 2.24) is 0 Å². The van der Waals surface area contributed by atoms with Gasteiger partial charge in [-0.25, -0.2) is 4.39 Å². The van der Waals surface area contributed by atoms with E-state index in [1.807, 2.05) is 13.8 Å². The largest absolute Gasteiger partial charge is 0.373 e. The summed E-state index contributed by atoms with van der Waals surface area (Å²) in [6.45, 7) is 13.6. The molecule has 8 nitrogen and oxygen atoms in total. The van der Waals surface area contributed by atoms with Crippen LogP contribution < -0.4 is 5.73 Å². The van der Waals surface area contributed by atoms with Gasteiger partial charge in [-0.15, -0.1) is 0 Å². The van der Waals surface area contributed by atoms with Crippen LogP contribution in [0.2, 0.25) is 0 Å². The van der Waals surface area contributed by atoms with E-state index in [1.54, 1.807) is 0 Å². The van der Waals surface area contributed by atoms with E-state index < -0.39 is 49.2 Å². The highest BCUT2D eigenvalue weighted by molar-refractivity contribution is 4.94. The molecule has 8 atom stereocenters. The molecular formula is C39H76FNO7. The molecule has 0 aromatic heterocycles. The number of nitrogens with two attached hydrogens (primary N) is 1. The first kappa shape index (κ1) is 43.8. The summed E-state index contributed by atoms with van der Waals surface area (Å²) in [4.78, 5) is 0. The lowest BCUT2D eigenvalue weighted by Gasteiger charge is -2.45. The summed E-state index contributed by atoms with van der Waals surface area (Å²) < 4.78 is 58.7. The molecule has 2 fully saturated rings. The molecule has 0 aromatic carbocycles. The zero-order valence-corrected chi connectivity index (χ0v) is 31.9. The molecule has 9 heteroatoms. The molecule has 48 heavy (non-hydrogen) atoms. The lowest BCUT2D eigenvalue weighted by Crippen LogP contribution is -2.62. The van der Waals surface area contributed by atoms with Crippen LogP contribution in [0.1, 0.15) is 164 Å². The maximum absolute atomic E-state index is 14.5. The van der Waals surface area contributed by atoms with Crippen molar-refractivity contribution in [2.75, 3.05) is 33.1 Å². The summed E-state index contributed by atoms with van der Waals surface area (Å²) in [5.74, 6) is -0.711. The number of alkyl halides is 1. The molecule has 2 saturated heterocycles. The molecule has 2 N–H and O–H groups in total. The van der Waals surface area contributed by atoms with Crippen LogP contribution >= 0.6 is 0 Å². The Balaban J connectivity index is 1.94. The first-order chi connectivity index (χ1) is 23.3. The number of ether oxygens (including phenoxy) is 7. The molecule has 0 aromatic rings. The van der Waals surface area contributed by atoms with Crippen LogP contribution in [0.25, 0.3) is 0 Å². The van der Waals surface area contributed by atoms with E-state index in [-0.39, 0.29) is 18.8 Å². The molecule has 0 radical (unpaired) electrons. The van der Waals surface area contributed by atoms with Crippen molar-refractivity contribution in [3.05, 3.63) is 0 Å². The molecule has 0 amide bonds. The molecule has 0 bridgehead atoms. The first-order valence-corrected chi connectivity index (χ1v) is 20.1. The van der Waals surface area contributed by atoms with Gasteiger partial charge in [-0.2, -0.15) is 0 Å². The SMILES string of the molecule is CCCCCCCCCCCCCC[C@H]1OC(C)(C)O[C@H]1[C@@H](N)CO[C@H]1OC(CF)[C@@H](OCCCC)[C@H](OCCCC)C1OCCCC. The van der Waals surface area contributed by atoms with Crippen molar-refractivity contribution >= 4 is 0 Å². The Kier molecular flexibility index (Phi) is 24.1. The number of halogens is 1. The highest BCUT2D eigenvalue weighted by Gasteiger charge is 2.50. The van der Waals surface area contributed by atoms with Crippen molar-refractivity contribution in [2.24, 2.45) is 5.73 Å². The molecule has 286 valence electrons. The number of hydrogen-bond donors (Lipinski definition) is 1. The molecule has 2 rings (SSSR count). The van der Waals surface area contributed by atoms with Crippen molar-refractivity contribution in [1.29, 1.82) is 0 Å². The predicted molar refractivity (Wildman–Crippen MR) is 192 cm³/mol. The standard InChI is InChI=1S/C39H76FNO7/c1-7-11-15-16-17-18-19-20-21-22-23-24-25-32-34(48-39(5,6)47-32)31(41)30-45-38-37(44-28-14-10-4)36(43-27-13-9-3)35(33(29-40)46-38)42-26-12-8-2/h31-38H,7-30,41H2,1-6H3/t31-,32+,33?,34-,35+,36-,37?,38-/m0/s1. The van der Waals surface area contributed by atoms with E-state index in [9.17, 15) is 4.39 Å². The minimum absolute atomic E-state index is 0.106. The van der Waals surface area contributed by atoms with Gasteiger partial charge in [-0.05, 0) is 39.5 Å². The molecule has 0 aliphatic carbocycles. The van der Waals surface area contributed by atoms with Gasteiger partial charge < -0.3 is 38.9 Å². The quantitative estimate of drug-likeness (QED) is 0.0747. The monoisotopic (exact) mass is 690 g/mol. The minimum Gasteiger partial charge on any atom is -0.373 e. The fourth-order valence-corrected chi connectivity index (χ4v) is 6.73. The molecule has 2 unspecified atom stereocenters. The second-order valence-electron chi connectivity index (χ2n) is 14.6. The topological polar surface area (TPSA) is 90.6 Å².